The summed E-state index contributed by atoms with van der Waals surface area (Å²) in [7, 11) is 1.73. The summed E-state index contributed by atoms with van der Waals surface area (Å²) in [5, 5.41) is 23.1. The van der Waals surface area contributed by atoms with Crippen LogP contribution in [0.5, 0.6) is 5.75 Å². The van der Waals surface area contributed by atoms with Gasteiger partial charge in [0.1, 0.15) is 22.6 Å². The predicted octanol–water partition coefficient (Wildman–Crippen LogP) is 1.65. The molecular formula is C20H17N7O3. The Morgan fingerprint density at radius 1 is 1.07 bits per heavy atom. The molecule has 3 N–H and O–H groups in total. The first-order valence-electron chi connectivity index (χ1n) is 9.00. The number of nitrogens with zero attached hydrogens (tertiary/aromatic N) is 5. The lowest BCUT2D eigenvalue weighted by molar-refractivity contribution is 0.0951. The van der Waals surface area contributed by atoms with Crippen molar-refractivity contribution in [2.75, 3.05) is 5.32 Å². The monoisotopic (exact) mass is 403 g/mol. The highest BCUT2D eigenvalue weighted by Gasteiger charge is 2.15. The average molecular weight is 403 g/mol. The van der Waals surface area contributed by atoms with E-state index >= 15 is 0 Å². The third-order valence-electron chi connectivity index (χ3n) is 4.39. The zero-order chi connectivity index (χ0) is 21.1. The molecule has 0 aliphatic carbocycles. The number of aryl methyl sites for hydroxylation is 1. The minimum absolute atomic E-state index is 0.101. The Morgan fingerprint density at radius 2 is 1.93 bits per heavy atom. The van der Waals surface area contributed by atoms with Gasteiger partial charge in [-0.15, -0.1) is 5.10 Å². The molecule has 1 aromatic carbocycles. The van der Waals surface area contributed by atoms with Gasteiger partial charge in [-0.2, -0.15) is 0 Å². The fourth-order valence-corrected chi connectivity index (χ4v) is 2.97. The van der Waals surface area contributed by atoms with Crippen molar-refractivity contribution in [3.8, 4) is 5.75 Å². The van der Waals surface area contributed by atoms with Crippen LogP contribution in [0.15, 0.2) is 54.9 Å². The van der Waals surface area contributed by atoms with E-state index in [1.807, 2.05) is 0 Å². The number of carbonyl (C=O) groups is 2. The van der Waals surface area contributed by atoms with Crippen molar-refractivity contribution >= 4 is 28.7 Å². The van der Waals surface area contributed by atoms with Gasteiger partial charge in [0, 0.05) is 26.0 Å². The van der Waals surface area contributed by atoms with Crippen LogP contribution in [-0.2, 0) is 13.6 Å². The number of anilines is 1. The Hall–Kier alpha value is -4.34. The molecule has 2 amide bonds. The zero-order valence-electron chi connectivity index (χ0n) is 15.9. The first kappa shape index (κ1) is 19.0. The Kier molecular flexibility index (Phi) is 5.04. The number of aromatic hydroxyl groups is 1. The normalized spacial score (nSPS) is 10.7. The molecule has 0 unspecified atom stereocenters. The molecule has 0 atom stereocenters. The molecule has 10 nitrogen and oxygen atoms in total. The number of fused-ring (bicyclic) bond motifs is 1. The summed E-state index contributed by atoms with van der Waals surface area (Å²) in [6.45, 7) is 0.223. The van der Waals surface area contributed by atoms with Gasteiger partial charge in [-0.1, -0.05) is 11.3 Å². The van der Waals surface area contributed by atoms with Crippen molar-refractivity contribution in [2.45, 2.75) is 6.54 Å². The van der Waals surface area contributed by atoms with Crippen molar-refractivity contribution in [2.24, 2.45) is 7.05 Å². The maximum atomic E-state index is 12.7. The van der Waals surface area contributed by atoms with Gasteiger partial charge in [-0.3, -0.25) is 9.59 Å². The van der Waals surface area contributed by atoms with E-state index < -0.39 is 5.91 Å². The molecule has 0 aliphatic heterocycles. The fraction of sp³-hybridized carbons (Fsp3) is 0.100. The van der Waals surface area contributed by atoms with Crippen LogP contribution in [0.2, 0.25) is 0 Å². The molecule has 3 aromatic heterocycles. The summed E-state index contributed by atoms with van der Waals surface area (Å²) < 4.78 is 1.55. The van der Waals surface area contributed by atoms with Crippen LogP contribution in [0.3, 0.4) is 0 Å². The molecule has 10 heteroatoms. The van der Waals surface area contributed by atoms with Crippen molar-refractivity contribution in [3.05, 3.63) is 71.7 Å². The SMILES string of the molecule is Cn1nnc2cccc(C(=O)NCc3ccnc(NC(=O)c4ncccc4O)c3)c21. The molecule has 0 spiro atoms. The third kappa shape index (κ3) is 3.78. The van der Waals surface area contributed by atoms with Crippen molar-refractivity contribution < 1.29 is 14.7 Å². The Labute approximate surface area is 170 Å². The molecule has 0 radical (unpaired) electrons. The molecule has 30 heavy (non-hydrogen) atoms. The highest BCUT2D eigenvalue weighted by atomic mass is 16.3. The lowest BCUT2D eigenvalue weighted by Gasteiger charge is -2.09. The van der Waals surface area contributed by atoms with Gasteiger partial charge < -0.3 is 15.7 Å². The molecule has 0 saturated carbocycles. The molecule has 4 aromatic rings. The number of carbonyl (C=O) groups excluding carboxylic acids is 2. The van der Waals surface area contributed by atoms with E-state index in [1.165, 1.54) is 24.5 Å². The predicted molar refractivity (Wildman–Crippen MR) is 108 cm³/mol. The largest absolute Gasteiger partial charge is 0.505 e. The summed E-state index contributed by atoms with van der Waals surface area (Å²) in [6.07, 6.45) is 2.92. The Bertz CT molecular complexity index is 1250. The van der Waals surface area contributed by atoms with Crippen LogP contribution in [0, 0.1) is 0 Å². The lowest BCUT2D eigenvalue weighted by atomic mass is 10.1. The molecule has 4 rings (SSSR count). The quantitative estimate of drug-likeness (QED) is 0.461. The number of hydrogen-bond acceptors (Lipinski definition) is 7. The second-order valence-electron chi connectivity index (χ2n) is 6.44. The zero-order valence-corrected chi connectivity index (χ0v) is 15.9. The van der Waals surface area contributed by atoms with Gasteiger partial charge in [-0.05, 0) is 42.0 Å². The van der Waals surface area contributed by atoms with Gasteiger partial charge in [0.25, 0.3) is 11.8 Å². The third-order valence-corrected chi connectivity index (χ3v) is 4.39. The van der Waals surface area contributed by atoms with Crippen LogP contribution in [0.1, 0.15) is 26.4 Å². The van der Waals surface area contributed by atoms with E-state index in [4.69, 9.17) is 0 Å². The second-order valence-corrected chi connectivity index (χ2v) is 6.44. The number of nitrogens with one attached hydrogen (secondary N) is 2. The molecule has 0 aliphatic rings. The van der Waals surface area contributed by atoms with Crippen molar-refractivity contribution in [1.29, 1.82) is 0 Å². The maximum Gasteiger partial charge on any atom is 0.279 e. The fourth-order valence-electron chi connectivity index (χ4n) is 2.97. The lowest BCUT2D eigenvalue weighted by Crippen LogP contribution is -2.23. The topological polar surface area (TPSA) is 135 Å². The number of aromatic nitrogens is 5. The van der Waals surface area contributed by atoms with E-state index in [2.05, 4.69) is 30.9 Å². The van der Waals surface area contributed by atoms with E-state index in [-0.39, 0.29) is 29.7 Å². The van der Waals surface area contributed by atoms with Gasteiger partial charge in [0.15, 0.2) is 5.69 Å². The van der Waals surface area contributed by atoms with E-state index in [0.717, 1.165) is 5.56 Å². The number of hydrogen-bond donors (Lipinski definition) is 3. The van der Waals surface area contributed by atoms with E-state index in [9.17, 15) is 14.7 Å². The van der Waals surface area contributed by atoms with Crippen LogP contribution in [0.25, 0.3) is 11.0 Å². The van der Waals surface area contributed by atoms with Gasteiger partial charge in [-0.25, -0.2) is 14.6 Å². The van der Waals surface area contributed by atoms with Crippen molar-refractivity contribution in [1.82, 2.24) is 30.3 Å². The smallest absolute Gasteiger partial charge is 0.279 e. The van der Waals surface area contributed by atoms with Gasteiger partial charge in [0.05, 0.1) is 5.56 Å². The Morgan fingerprint density at radius 3 is 2.77 bits per heavy atom. The molecule has 3 heterocycles. The van der Waals surface area contributed by atoms with Crippen LogP contribution >= 0.6 is 0 Å². The number of para-hydroxylation sites is 1. The summed E-state index contributed by atoms with van der Waals surface area (Å²) in [6, 6.07) is 11.5. The number of benzene rings is 1. The molecule has 0 saturated heterocycles. The molecule has 0 bridgehead atoms. The summed E-state index contributed by atoms with van der Waals surface area (Å²) in [4.78, 5) is 32.9. The van der Waals surface area contributed by atoms with Crippen molar-refractivity contribution in [3.63, 3.8) is 0 Å². The second kappa shape index (κ2) is 7.95. The first-order chi connectivity index (χ1) is 14.5. The van der Waals surface area contributed by atoms with Gasteiger partial charge >= 0.3 is 0 Å². The highest BCUT2D eigenvalue weighted by Crippen LogP contribution is 2.17. The minimum atomic E-state index is -0.586. The summed E-state index contributed by atoms with van der Waals surface area (Å²) in [5.74, 6) is -0.809. The summed E-state index contributed by atoms with van der Waals surface area (Å²) in [5.41, 5.74) is 2.38. The van der Waals surface area contributed by atoms with E-state index in [1.54, 1.807) is 42.1 Å². The maximum absolute atomic E-state index is 12.7. The average Bonchev–Trinajstić information content (AvgIpc) is 3.13. The molecular weight excluding hydrogens is 386 g/mol. The Balaban J connectivity index is 1.46. The van der Waals surface area contributed by atoms with Crippen LogP contribution in [-0.4, -0.2) is 41.9 Å². The number of amides is 2. The number of pyridine rings is 2. The number of rotatable bonds is 5. The van der Waals surface area contributed by atoms with Crippen LogP contribution < -0.4 is 10.6 Å². The first-order valence-corrected chi connectivity index (χ1v) is 9.00. The van der Waals surface area contributed by atoms with E-state index in [0.29, 0.717) is 16.6 Å². The minimum Gasteiger partial charge on any atom is -0.505 e. The molecule has 0 fully saturated rings. The summed E-state index contributed by atoms with van der Waals surface area (Å²) >= 11 is 0. The molecule has 150 valence electrons. The van der Waals surface area contributed by atoms with Gasteiger partial charge in [0.2, 0.25) is 0 Å². The standard InChI is InChI=1S/C20H17N7O3/c1-27-18-13(4-2-5-14(18)25-26-27)19(29)23-11-12-7-9-21-16(10-12)24-20(30)17-15(28)6-3-8-22-17/h2-10,28H,11H2,1H3,(H,23,29)(H,21,24,30). The highest BCUT2D eigenvalue weighted by molar-refractivity contribution is 6.05. The van der Waals surface area contributed by atoms with Crippen LogP contribution in [0.4, 0.5) is 5.82 Å².